The summed E-state index contributed by atoms with van der Waals surface area (Å²) >= 11 is 0. The van der Waals surface area contributed by atoms with Gasteiger partial charge in [-0.15, -0.1) is 0 Å². The van der Waals surface area contributed by atoms with E-state index in [1.54, 1.807) is 24.3 Å². The molecule has 0 saturated carbocycles. The molecule has 0 aliphatic heterocycles. The van der Waals surface area contributed by atoms with Gasteiger partial charge in [-0.2, -0.15) is 43.2 Å². The van der Waals surface area contributed by atoms with Crippen LogP contribution in [0.25, 0.3) is 0 Å². The standard InChI is InChI=1S/C15H8F6O7S2.C13H10O3/c16-14(17,18)29(23,24)27-11-7-3-1-5-9(11)13(22)10-6-2-4-8-12(10)28-30(25,26)15(19,20)21;14-11-7-3-1-5-9(11)13(16)10-6-2-4-8-12(10)15/h1-8H;1-8,14-15H. The van der Waals surface area contributed by atoms with E-state index in [2.05, 4.69) is 8.37 Å². The van der Waals surface area contributed by atoms with Crippen molar-refractivity contribution in [2.45, 2.75) is 11.0 Å². The number of phenolic OH excluding ortho intramolecular Hbond substituents is 2. The molecule has 2 N–H and O–H groups in total. The number of carbonyl (C=O) groups is 2. The lowest BCUT2D eigenvalue weighted by Gasteiger charge is -2.14. The second-order valence-corrected chi connectivity index (χ2v) is 11.7. The monoisotopic (exact) mass is 692 g/mol. The number of hydrogen-bond donors (Lipinski definition) is 2. The number of hydrogen-bond acceptors (Lipinski definition) is 10. The molecule has 4 aromatic carbocycles. The topological polar surface area (TPSA) is 161 Å². The molecule has 244 valence electrons. The van der Waals surface area contributed by atoms with Crippen LogP contribution in [0.5, 0.6) is 23.0 Å². The predicted molar refractivity (Wildman–Crippen MR) is 147 cm³/mol. The van der Waals surface area contributed by atoms with E-state index in [-0.39, 0.29) is 22.6 Å². The molecule has 0 aromatic heterocycles. The lowest BCUT2D eigenvalue weighted by atomic mass is 10.0. The molecule has 0 spiro atoms. The van der Waals surface area contributed by atoms with Gasteiger partial charge in [-0.3, -0.25) is 9.59 Å². The van der Waals surface area contributed by atoms with Crippen LogP contribution in [0, 0.1) is 0 Å². The first-order valence-electron chi connectivity index (χ1n) is 12.1. The molecule has 4 aromatic rings. The van der Waals surface area contributed by atoms with Gasteiger partial charge in [0.25, 0.3) is 0 Å². The minimum atomic E-state index is -6.18. The van der Waals surface area contributed by atoms with Gasteiger partial charge >= 0.3 is 31.3 Å². The van der Waals surface area contributed by atoms with Crippen LogP contribution in [-0.2, 0) is 20.2 Å². The van der Waals surface area contributed by atoms with Gasteiger partial charge < -0.3 is 18.6 Å². The zero-order valence-electron chi connectivity index (χ0n) is 22.5. The minimum Gasteiger partial charge on any atom is -0.507 e. The van der Waals surface area contributed by atoms with E-state index in [4.69, 9.17) is 0 Å². The number of halogens is 6. The Morgan fingerprint density at radius 3 is 1.04 bits per heavy atom. The van der Waals surface area contributed by atoms with Crippen LogP contribution < -0.4 is 8.37 Å². The highest BCUT2D eigenvalue weighted by atomic mass is 32.2. The number of para-hydroxylation sites is 4. The van der Waals surface area contributed by atoms with E-state index in [0.717, 1.165) is 36.4 Å². The highest BCUT2D eigenvalue weighted by Gasteiger charge is 2.50. The first kappa shape index (κ1) is 35.4. The third-order valence-corrected chi connectivity index (χ3v) is 7.46. The molecule has 0 radical (unpaired) electrons. The van der Waals surface area contributed by atoms with E-state index in [0.29, 0.717) is 12.1 Å². The number of rotatable bonds is 8. The van der Waals surface area contributed by atoms with Crippen molar-refractivity contribution in [2.75, 3.05) is 0 Å². The molecule has 0 saturated heterocycles. The van der Waals surface area contributed by atoms with Gasteiger partial charge in [0.1, 0.15) is 11.5 Å². The minimum absolute atomic E-state index is 0.0873. The van der Waals surface area contributed by atoms with Crippen LogP contribution >= 0.6 is 0 Å². The summed E-state index contributed by atoms with van der Waals surface area (Å²) in [5.74, 6) is -4.11. The average Bonchev–Trinajstić information content (AvgIpc) is 2.96. The number of ketones is 2. The molecule has 0 bridgehead atoms. The Morgan fingerprint density at radius 1 is 0.478 bits per heavy atom. The molecule has 0 aliphatic rings. The Labute approximate surface area is 256 Å². The molecular weight excluding hydrogens is 674 g/mol. The fraction of sp³-hybridized carbons (Fsp3) is 0.0714. The fourth-order valence-electron chi connectivity index (χ4n) is 3.41. The lowest BCUT2D eigenvalue weighted by molar-refractivity contribution is -0.0504. The first-order valence-corrected chi connectivity index (χ1v) is 14.9. The number of carbonyl (C=O) groups excluding carboxylic acids is 2. The van der Waals surface area contributed by atoms with Crippen LogP contribution in [0.1, 0.15) is 31.8 Å². The van der Waals surface area contributed by atoms with Gasteiger partial charge in [0.05, 0.1) is 22.3 Å². The van der Waals surface area contributed by atoms with Crippen molar-refractivity contribution in [3.63, 3.8) is 0 Å². The largest absolute Gasteiger partial charge is 0.534 e. The van der Waals surface area contributed by atoms with Crippen molar-refractivity contribution < 1.29 is 71.3 Å². The summed E-state index contributed by atoms with van der Waals surface area (Å²) in [6.45, 7) is 0. The Balaban J connectivity index is 0.000000300. The van der Waals surface area contributed by atoms with Crippen molar-refractivity contribution in [3.8, 4) is 23.0 Å². The van der Waals surface area contributed by atoms with Crippen LogP contribution in [0.2, 0.25) is 0 Å². The summed E-state index contributed by atoms with van der Waals surface area (Å²) in [6.07, 6.45) is 0. The first-order chi connectivity index (χ1) is 21.3. The maximum Gasteiger partial charge on any atom is 0.534 e. The van der Waals surface area contributed by atoms with Gasteiger partial charge in [-0.05, 0) is 48.5 Å². The molecule has 18 heteroatoms. The van der Waals surface area contributed by atoms with Crippen LogP contribution in [0.3, 0.4) is 0 Å². The normalized spacial score (nSPS) is 12.0. The van der Waals surface area contributed by atoms with Crippen molar-refractivity contribution in [2.24, 2.45) is 0 Å². The summed E-state index contributed by atoms with van der Waals surface area (Å²) in [5, 5.41) is 19.1. The van der Waals surface area contributed by atoms with Crippen molar-refractivity contribution in [1.82, 2.24) is 0 Å². The zero-order valence-corrected chi connectivity index (χ0v) is 24.1. The summed E-state index contributed by atoms with van der Waals surface area (Å²) in [4.78, 5) is 24.6. The molecule has 4 rings (SSSR count). The molecule has 0 unspecified atom stereocenters. The van der Waals surface area contributed by atoms with E-state index in [9.17, 15) is 63.0 Å². The summed E-state index contributed by atoms with van der Waals surface area (Å²) in [7, 11) is -12.4. The average molecular weight is 693 g/mol. The molecule has 0 fully saturated rings. The lowest BCUT2D eigenvalue weighted by Crippen LogP contribution is -2.29. The van der Waals surface area contributed by atoms with E-state index in [1.165, 1.54) is 24.3 Å². The molecule has 0 aliphatic carbocycles. The van der Waals surface area contributed by atoms with E-state index >= 15 is 0 Å². The van der Waals surface area contributed by atoms with Crippen LogP contribution in [0.15, 0.2) is 97.1 Å². The van der Waals surface area contributed by atoms with Crippen LogP contribution in [-0.4, -0.2) is 49.6 Å². The number of aromatic hydroxyl groups is 2. The molecule has 0 atom stereocenters. The third kappa shape index (κ3) is 8.13. The van der Waals surface area contributed by atoms with Gasteiger partial charge in [0.2, 0.25) is 5.78 Å². The number of alkyl halides is 6. The number of phenols is 2. The highest BCUT2D eigenvalue weighted by molar-refractivity contribution is 7.88. The van der Waals surface area contributed by atoms with Crippen molar-refractivity contribution >= 4 is 31.8 Å². The van der Waals surface area contributed by atoms with Crippen molar-refractivity contribution in [1.29, 1.82) is 0 Å². The molecule has 0 heterocycles. The SMILES string of the molecule is O=C(c1ccccc1O)c1ccccc1O.O=C(c1ccccc1OS(=O)(=O)C(F)(F)F)c1ccccc1OS(=O)(=O)C(F)(F)F. The fourth-order valence-corrected chi connectivity index (χ4v) is 4.36. The third-order valence-electron chi connectivity index (χ3n) is 5.53. The Kier molecular flexibility index (Phi) is 10.4. The molecule has 46 heavy (non-hydrogen) atoms. The Morgan fingerprint density at radius 2 is 0.739 bits per heavy atom. The predicted octanol–water partition coefficient (Wildman–Crippen LogP) is 5.70. The highest BCUT2D eigenvalue weighted by Crippen LogP contribution is 2.33. The Bertz CT molecular complexity index is 1830. The van der Waals surface area contributed by atoms with Crippen molar-refractivity contribution in [3.05, 3.63) is 119 Å². The maximum absolute atomic E-state index is 12.6. The molecule has 0 amide bonds. The van der Waals surface area contributed by atoms with Gasteiger partial charge in [-0.25, -0.2) is 0 Å². The van der Waals surface area contributed by atoms with E-state index in [1.807, 2.05) is 0 Å². The quantitative estimate of drug-likeness (QED) is 0.101. The van der Waals surface area contributed by atoms with Gasteiger partial charge in [0.15, 0.2) is 17.3 Å². The second kappa shape index (κ2) is 13.5. The summed E-state index contributed by atoms with van der Waals surface area (Å²) < 4.78 is 128. The maximum atomic E-state index is 12.6. The molecule has 10 nitrogen and oxygen atoms in total. The van der Waals surface area contributed by atoms with E-state index < -0.39 is 65.4 Å². The van der Waals surface area contributed by atoms with Gasteiger partial charge in [0, 0.05) is 0 Å². The van der Waals surface area contributed by atoms with Gasteiger partial charge in [-0.1, -0.05) is 48.5 Å². The number of benzene rings is 4. The zero-order chi connectivity index (χ0) is 34.5. The summed E-state index contributed by atoms with van der Waals surface area (Å²) in [5.41, 5.74) is -12.9. The van der Waals surface area contributed by atoms with Crippen LogP contribution in [0.4, 0.5) is 26.3 Å². The smallest absolute Gasteiger partial charge is 0.507 e. The second-order valence-electron chi connectivity index (χ2n) is 8.65. The summed E-state index contributed by atoms with van der Waals surface area (Å²) in [6, 6.07) is 19.7. The Hall–Kier alpha value is -5.10. The molecular formula is C28H18F6O10S2.